The van der Waals surface area contributed by atoms with Crippen molar-refractivity contribution in [2.24, 2.45) is 0 Å². The number of benzene rings is 2. The van der Waals surface area contributed by atoms with Gasteiger partial charge in [-0.25, -0.2) is 0 Å². The minimum Gasteiger partial charge on any atom is -0.457 e. The van der Waals surface area contributed by atoms with E-state index in [9.17, 15) is 0 Å². The molecule has 0 fully saturated rings. The van der Waals surface area contributed by atoms with Gasteiger partial charge in [0.2, 0.25) is 0 Å². The van der Waals surface area contributed by atoms with Gasteiger partial charge in [-0.1, -0.05) is 49.2 Å². The highest BCUT2D eigenvalue weighted by molar-refractivity contribution is 6.34. The maximum Gasteiger partial charge on any atom is 0.130 e. The second-order valence-electron chi connectivity index (χ2n) is 4.80. The summed E-state index contributed by atoms with van der Waals surface area (Å²) >= 11 is 12.0. The molecule has 2 rings (SSSR count). The highest BCUT2D eigenvalue weighted by Crippen LogP contribution is 2.30. The zero-order valence-corrected chi connectivity index (χ0v) is 13.7. The van der Waals surface area contributed by atoms with Crippen LogP contribution in [-0.4, -0.2) is 6.54 Å². The van der Waals surface area contributed by atoms with Gasteiger partial charge >= 0.3 is 0 Å². The number of nitrogens with one attached hydrogen (secondary N) is 1. The van der Waals surface area contributed by atoms with E-state index in [1.165, 1.54) is 5.56 Å². The maximum absolute atomic E-state index is 5.99. The van der Waals surface area contributed by atoms with Crippen LogP contribution in [0.1, 0.15) is 31.9 Å². The normalized spacial score (nSPS) is 12.2. The fourth-order valence-corrected chi connectivity index (χ4v) is 2.77. The van der Waals surface area contributed by atoms with Crippen molar-refractivity contribution >= 4 is 23.2 Å². The van der Waals surface area contributed by atoms with E-state index >= 15 is 0 Å². The van der Waals surface area contributed by atoms with Crippen LogP contribution < -0.4 is 10.1 Å². The summed E-state index contributed by atoms with van der Waals surface area (Å²) in [5.41, 5.74) is 1.21. The number of hydrogen-bond donors (Lipinski definition) is 1. The second kappa shape index (κ2) is 7.69. The van der Waals surface area contributed by atoms with Gasteiger partial charge in [-0.05, 0) is 48.9 Å². The third-order valence-corrected chi connectivity index (χ3v) is 3.63. The van der Waals surface area contributed by atoms with Gasteiger partial charge in [-0.15, -0.1) is 0 Å². The van der Waals surface area contributed by atoms with Crippen LogP contribution in [0.2, 0.25) is 10.0 Å². The summed E-state index contributed by atoms with van der Waals surface area (Å²) in [7, 11) is 0. The molecule has 0 saturated heterocycles. The number of hydrogen-bond acceptors (Lipinski definition) is 2. The number of halogens is 2. The van der Waals surface area contributed by atoms with Crippen LogP contribution in [0, 0.1) is 0 Å². The Kier molecular flexibility index (Phi) is 5.92. The van der Waals surface area contributed by atoms with Crippen LogP contribution >= 0.6 is 23.2 Å². The quantitative estimate of drug-likeness (QED) is 0.720. The standard InChI is InChI=1S/C17H19Cl2NO/c1-3-17(20-4-2)12-6-5-7-15(8-12)21-16-10-13(18)9-14(19)11-16/h5-11,17,20H,3-4H2,1-2H3. The lowest BCUT2D eigenvalue weighted by Crippen LogP contribution is -2.19. The number of ether oxygens (including phenoxy) is 1. The number of rotatable bonds is 6. The Morgan fingerprint density at radius 2 is 1.71 bits per heavy atom. The third-order valence-electron chi connectivity index (χ3n) is 3.19. The van der Waals surface area contributed by atoms with Crippen molar-refractivity contribution in [2.75, 3.05) is 6.54 Å². The van der Waals surface area contributed by atoms with Crippen LogP contribution in [-0.2, 0) is 0 Å². The van der Waals surface area contributed by atoms with Gasteiger partial charge in [0.25, 0.3) is 0 Å². The first kappa shape index (κ1) is 16.2. The Balaban J connectivity index is 2.20. The van der Waals surface area contributed by atoms with Crippen LogP contribution in [0.4, 0.5) is 0 Å². The molecule has 0 radical (unpaired) electrons. The summed E-state index contributed by atoms with van der Waals surface area (Å²) in [5, 5.41) is 4.59. The van der Waals surface area contributed by atoms with Crippen molar-refractivity contribution in [1.82, 2.24) is 5.32 Å². The lowest BCUT2D eigenvalue weighted by atomic mass is 10.0. The molecule has 21 heavy (non-hydrogen) atoms. The van der Waals surface area contributed by atoms with Gasteiger partial charge in [0, 0.05) is 16.1 Å². The minimum atomic E-state index is 0.335. The molecule has 0 saturated carbocycles. The van der Waals surface area contributed by atoms with E-state index in [-0.39, 0.29) is 0 Å². The first-order chi connectivity index (χ1) is 10.1. The topological polar surface area (TPSA) is 21.3 Å². The Labute approximate surface area is 136 Å². The Morgan fingerprint density at radius 1 is 1.00 bits per heavy atom. The summed E-state index contributed by atoms with van der Waals surface area (Å²) in [6, 6.07) is 13.6. The van der Waals surface area contributed by atoms with Gasteiger partial charge in [0.15, 0.2) is 0 Å². The average Bonchev–Trinajstić information content (AvgIpc) is 2.44. The summed E-state index contributed by atoms with van der Waals surface area (Å²) in [4.78, 5) is 0. The van der Waals surface area contributed by atoms with Crippen molar-refractivity contribution in [3.05, 3.63) is 58.1 Å². The molecule has 0 heterocycles. The van der Waals surface area contributed by atoms with Crippen molar-refractivity contribution < 1.29 is 4.74 Å². The molecule has 1 N–H and O–H groups in total. The van der Waals surface area contributed by atoms with Crippen LogP contribution in [0.25, 0.3) is 0 Å². The summed E-state index contributed by atoms with van der Waals surface area (Å²) in [6.07, 6.45) is 1.03. The van der Waals surface area contributed by atoms with Crippen LogP contribution in [0.3, 0.4) is 0 Å². The van der Waals surface area contributed by atoms with Crippen molar-refractivity contribution in [3.63, 3.8) is 0 Å². The van der Waals surface area contributed by atoms with Crippen LogP contribution in [0.5, 0.6) is 11.5 Å². The maximum atomic E-state index is 5.99. The van der Waals surface area contributed by atoms with E-state index in [1.54, 1.807) is 18.2 Å². The molecule has 0 bridgehead atoms. The molecule has 2 aromatic rings. The molecular weight excluding hydrogens is 305 g/mol. The minimum absolute atomic E-state index is 0.335. The SMILES string of the molecule is CCNC(CC)c1cccc(Oc2cc(Cl)cc(Cl)c2)c1. The lowest BCUT2D eigenvalue weighted by Gasteiger charge is -2.17. The molecule has 1 unspecified atom stereocenters. The molecule has 0 aliphatic heterocycles. The molecule has 0 aromatic heterocycles. The molecule has 0 aliphatic rings. The van der Waals surface area contributed by atoms with Gasteiger partial charge in [0.1, 0.15) is 11.5 Å². The molecule has 4 heteroatoms. The fourth-order valence-electron chi connectivity index (χ4n) is 2.26. The predicted molar refractivity (Wildman–Crippen MR) is 89.7 cm³/mol. The zero-order chi connectivity index (χ0) is 15.2. The lowest BCUT2D eigenvalue weighted by molar-refractivity contribution is 0.477. The smallest absolute Gasteiger partial charge is 0.130 e. The first-order valence-corrected chi connectivity index (χ1v) is 7.85. The van der Waals surface area contributed by atoms with E-state index < -0.39 is 0 Å². The highest BCUT2D eigenvalue weighted by Gasteiger charge is 2.09. The van der Waals surface area contributed by atoms with Gasteiger partial charge in [-0.3, -0.25) is 0 Å². The van der Waals surface area contributed by atoms with Crippen LogP contribution in [0.15, 0.2) is 42.5 Å². The molecule has 112 valence electrons. The van der Waals surface area contributed by atoms with E-state index in [1.807, 2.05) is 18.2 Å². The summed E-state index contributed by atoms with van der Waals surface area (Å²) in [5.74, 6) is 1.42. The van der Waals surface area contributed by atoms with E-state index in [0.29, 0.717) is 21.8 Å². The predicted octanol–water partition coefficient (Wildman–Crippen LogP) is 5.85. The summed E-state index contributed by atoms with van der Waals surface area (Å²) in [6.45, 7) is 5.21. The van der Waals surface area contributed by atoms with E-state index in [0.717, 1.165) is 18.7 Å². The van der Waals surface area contributed by atoms with E-state index in [2.05, 4.69) is 25.2 Å². The first-order valence-electron chi connectivity index (χ1n) is 7.09. The molecule has 2 nitrogen and oxygen atoms in total. The zero-order valence-electron chi connectivity index (χ0n) is 12.2. The van der Waals surface area contributed by atoms with E-state index in [4.69, 9.17) is 27.9 Å². The van der Waals surface area contributed by atoms with Gasteiger partial charge in [0.05, 0.1) is 0 Å². The highest BCUT2D eigenvalue weighted by atomic mass is 35.5. The molecular formula is C17H19Cl2NO. The Bertz CT molecular complexity index is 581. The van der Waals surface area contributed by atoms with Crippen molar-refractivity contribution in [1.29, 1.82) is 0 Å². The van der Waals surface area contributed by atoms with Crippen molar-refractivity contribution in [3.8, 4) is 11.5 Å². The van der Waals surface area contributed by atoms with Gasteiger partial charge in [-0.2, -0.15) is 0 Å². The Hall–Kier alpha value is -1.22. The third kappa shape index (κ3) is 4.63. The molecule has 1 atom stereocenters. The monoisotopic (exact) mass is 323 g/mol. The summed E-state index contributed by atoms with van der Waals surface area (Å²) < 4.78 is 5.86. The van der Waals surface area contributed by atoms with Crippen molar-refractivity contribution in [2.45, 2.75) is 26.3 Å². The average molecular weight is 324 g/mol. The molecule has 2 aromatic carbocycles. The molecule has 0 amide bonds. The molecule has 0 aliphatic carbocycles. The van der Waals surface area contributed by atoms with Gasteiger partial charge < -0.3 is 10.1 Å². The largest absolute Gasteiger partial charge is 0.457 e. The Morgan fingerprint density at radius 3 is 2.33 bits per heavy atom. The molecule has 0 spiro atoms. The fraction of sp³-hybridized carbons (Fsp3) is 0.294. The second-order valence-corrected chi connectivity index (χ2v) is 5.67.